The molecule has 0 radical (unpaired) electrons. The Morgan fingerprint density at radius 3 is 2.45 bits per heavy atom. The Kier molecular flexibility index (Phi) is 4.81. The smallest absolute Gasteiger partial charge is 0.269 e. The normalized spacial score (nSPS) is 17.6. The van der Waals surface area contributed by atoms with Gasteiger partial charge in [0.2, 0.25) is 0 Å². The van der Waals surface area contributed by atoms with Gasteiger partial charge in [0.1, 0.15) is 0 Å². The zero-order valence-electron chi connectivity index (χ0n) is 11.5. The van der Waals surface area contributed by atoms with Crippen LogP contribution in [-0.4, -0.2) is 47.8 Å². The van der Waals surface area contributed by atoms with E-state index in [4.69, 9.17) is 0 Å². The molecule has 6 heteroatoms. The van der Waals surface area contributed by atoms with Gasteiger partial charge >= 0.3 is 0 Å². The molecule has 0 bridgehead atoms. The van der Waals surface area contributed by atoms with E-state index in [-0.39, 0.29) is 17.5 Å². The van der Waals surface area contributed by atoms with Gasteiger partial charge < -0.3 is 5.32 Å². The maximum atomic E-state index is 12.5. The summed E-state index contributed by atoms with van der Waals surface area (Å²) in [4.78, 5) is 24.9. The summed E-state index contributed by atoms with van der Waals surface area (Å²) in [6.45, 7) is 5.50. The topological polar surface area (TPSA) is 75.5 Å². The first kappa shape index (κ1) is 14.6. The van der Waals surface area contributed by atoms with E-state index < -0.39 is 4.92 Å². The van der Waals surface area contributed by atoms with Gasteiger partial charge in [-0.05, 0) is 18.6 Å². The lowest BCUT2D eigenvalue weighted by Gasteiger charge is -2.33. The minimum absolute atomic E-state index is 0.0109. The maximum Gasteiger partial charge on any atom is 0.269 e. The molecule has 1 aromatic rings. The van der Waals surface area contributed by atoms with Crippen LogP contribution in [0.2, 0.25) is 0 Å². The molecule has 1 atom stereocenters. The second-order valence-electron chi connectivity index (χ2n) is 4.88. The summed E-state index contributed by atoms with van der Waals surface area (Å²) in [6, 6.07) is 5.73. The van der Waals surface area contributed by atoms with Crippen molar-refractivity contribution in [1.29, 1.82) is 0 Å². The van der Waals surface area contributed by atoms with Crippen LogP contribution < -0.4 is 5.32 Å². The standard InChI is InChI=1S/C14H19N3O3/c1-2-13(16-9-7-15-8-10-16)14(18)11-3-5-12(6-4-11)17(19)20/h3-6,13,15H,2,7-10H2,1H3. The highest BCUT2D eigenvalue weighted by Crippen LogP contribution is 2.17. The Bertz CT molecular complexity index is 481. The SMILES string of the molecule is CCC(C(=O)c1ccc([N+](=O)[O-])cc1)N1CCNCC1. The van der Waals surface area contributed by atoms with E-state index in [9.17, 15) is 14.9 Å². The first-order chi connectivity index (χ1) is 9.63. The third-order valence-electron chi connectivity index (χ3n) is 3.64. The van der Waals surface area contributed by atoms with Gasteiger partial charge in [-0.15, -0.1) is 0 Å². The Morgan fingerprint density at radius 2 is 1.95 bits per heavy atom. The molecule has 1 fully saturated rings. The van der Waals surface area contributed by atoms with Crippen LogP contribution in [0.15, 0.2) is 24.3 Å². The number of nitro benzene ring substituents is 1. The molecule has 0 spiro atoms. The predicted molar refractivity (Wildman–Crippen MR) is 75.9 cm³/mol. The first-order valence-electron chi connectivity index (χ1n) is 6.87. The van der Waals surface area contributed by atoms with Crippen molar-refractivity contribution < 1.29 is 9.72 Å². The fourth-order valence-electron chi connectivity index (χ4n) is 2.54. The van der Waals surface area contributed by atoms with Crippen LogP contribution in [0.25, 0.3) is 0 Å². The summed E-state index contributed by atoms with van der Waals surface area (Å²) in [6.07, 6.45) is 0.746. The maximum absolute atomic E-state index is 12.5. The Morgan fingerprint density at radius 1 is 1.35 bits per heavy atom. The highest BCUT2D eigenvalue weighted by atomic mass is 16.6. The molecule has 0 aromatic heterocycles. The molecule has 6 nitrogen and oxygen atoms in total. The molecule has 108 valence electrons. The Hall–Kier alpha value is -1.79. The lowest BCUT2D eigenvalue weighted by atomic mass is 10.00. The van der Waals surface area contributed by atoms with Crippen LogP contribution >= 0.6 is 0 Å². The Labute approximate surface area is 117 Å². The molecule has 1 heterocycles. The van der Waals surface area contributed by atoms with Crippen LogP contribution in [0.3, 0.4) is 0 Å². The van der Waals surface area contributed by atoms with Crippen molar-refractivity contribution >= 4 is 11.5 Å². The molecule has 1 N–H and O–H groups in total. The van der Waals surface area contributed by atoms with E-state index in [1.165, 1.54) is 12.1 Å². The molecule has 20 heavy (non-hydrogen) atoms. The van der Waals surface area contributed by atoms with Gasteiger partial charge in [0, 0.05) is 43.9 Å². The third kappa shape index (κ3) is 3.20. The summed E-state index contributed by atoms with van der Waals surface area (Å²) in [5.41, 5.74) is 0.553. The summed E-state index contributed by atoms with van der Waals surface area (Å²) in [5, 5.41) is 13.9. The molecule has 0 amide bonds. The van der Waals surface area contributed by atoms with E-state index >= 15 is 0 Å². The number of nitrogens with zero attached hydrogens (tertiary/aromatic N) is 2. The van der Waals surface area contributed by atoms with Crippen LogP contribution in [-0.2, 0) is 0 Å². The first-order valence-corrected chi connectivity index (χ1v) is 6.87. The van der Waals surface area contributed by atoms with Crippen LogP contribution in [0.1, 0.15) is 23.7 Å². The van der Waals surface area contributed by atoms with E-state index in [1.54, 1.807) is 12.1 Å². The van der Waals surface area contributed by atoms with E-state index in [0.29, 0.717) is 5.56 Å². The third-order valence-corrected chi connectivity index (χ3v) is 3.64. The van der Waals surface area contributed by atoms with E-state index in [2.05, 4.69) is 10.2 Å². The number of carbonyl (C=O) groups excluding carboxylic acids is 1. The number of nitrogens with one attached hydrogen (secondary N) is 1. The molecule has 1 aliphatic rings. The number of non-ortho nitro benzene ring substituents is 1. The summed E-state index contributed by atoms with van der Waals surface area (Å²) >= 11 is 0. The number of rotatable bonds is 5. The molecule has 1 aliphatic heterocycles. The molecular formula is C14H19N3O3. The van der Waals surface area contributed by atoms with Crippen molar-refractivity contribution in [3.63, 3.8) is 0 Å². The van der Waals surface area contributed by atoms with Gasteiger partial charge in [-0.1, -0.05) is 6.92 Å². The van der Waals surface area contributed by atoms with Crippen molar-refractivity contribution in [1.82, 2.24) is 10.2 Å². The van der Waals surface area contributed by atoms with Gasteiger partial charge in [0.15, 0.2) is 5.78 Å². The fourth-order valence-corrected chi connectivity index (χ4v) is 2.54. The van der Waals surface area contributed by atoms with Gasteiger partial charge in [-0.3, -0.25) is 19.8 Å². The number of hydrogen-bond donors (Lipinski definition) is 1. The molecule has 2 rings (SSSR count). The fraction of sp³-hybridized carbons (Fsp3) is 0.500. The van der Waals surface area contributed by atoms with E-state index in [1.807, 2.05) is 6.92 Å². The summed E-state index contributed by atoms with van der Waals surface area (Å²) in [7, 11) is 0. The number of Topliss-reactive ketones (excluding diaryl/α,β-unsaturated/α-hetero) is 1. The molecule has 0 saturated carbocycles. The Balaban J connectivity index is 2.13. The van der Waals surface area contributed by atoms with Crippen LogP contribution in [0.4, 0.5) is 5.69 Å². The van der Waals surface area contributed by atoms with E-state index in [0.717, 1.165) is 32.6 Å². The zero-order chi connectivity index (χ0) is 14.5. The van der Waals surface area contributed by atoms with Crippen molar-refractivity contribution in [2.75, 3.05) is 26.2 Å². The van der Waals surface area contributed by atoms with Gasteiger partial charge in [-0.25, -0.2) is 0 Å². The minimum Gasteiger partial charge on any atom is -0.314 e. The van der Waals surface area contributed by atoms with Crippen LogP contribution in [0, 0.1) is 10.1 Å². The summed E-state index contributed by atoms with van der Waals surface area (Å²) < 4.78 is 0. The molecule has 0 aliphatic carbocycles. The average Bonchev–Trinajstić information content (AvgIpc) is 2.49. The van der Waals surface area contributed by atoms with Gasteiger partial charge in [-0.2, -0.15) is 0 Å². The van der Waals surface area contributed by atoms with Crippen molar-refractivity contribution in [3.8, 4) is 0 Å². The minimum atomic E-state index is -0.456. The zero-order valence-corrected chi connectivity index (χ0v) is 11.5. The van der Waals surface area contributed by atoms with Crippen molar-refractivity contribution in [2.24, 2.45) is 0 Å². The monoisotopic (exact) mass is 277 g/mol. The second-order valence-corrected chi connectivity index (χ2v) is 4.88. The van der Waals surface area contributed by atoms with Crippen LogP contribution in [0.5, 0.6) is 0 Å². The highest BCUT2D eigenvalue weighted by Gasteiger charge is 2.26. The van der Waals surface area contributed by atoms with Gasteiger partial charge in [0.25, 0.3) is 5.69 Å². The lowest BCUT2D eigenvalue weighted by Crippen LogP contribution is -2.51. The number of hydrogen-bond acceptors (Lipinski definition) is 5. The number of carbonyl (C=O) groups is 1. The number of piperazine rings is 1. The van der Waals surface area contributed by atoms with Crippen molar-refractivity contribution in [3.05, 3.63) is 39.9 Å². The van der Waals surface area contributed by atoms with Gasteiger partial charge in [0.05, 0.1) is 11.0 Å². The number of nitro groups is 1. The predicted octanol–water partition coefficient (Wildman–Crippen LogP) is 1.46. The molecule has 1 aromatic carbocycles. The molecular weight excluding hydrogens is 258 g/mol. The second kappa shape index (κ2) is 6.58. The lowest BCUT2D eigenvalue weighted by molar-refractivity contribution is -0.384. The number of benzene rings is 1. The average molecular weight is 277 g/mol. The largest absolute Gasteiger partial charge is 0.314 e. The number of ketones is 1. The summed E-state index contributed by atoms with van der Waals surface area (Å²) in [5.74, 6) is 0.0456. The van der Waals surface area contributed by atoms with Crippen molar-refractivity contribution in [2.45, 2.75) is 19.4 Å². The highest BCUT2D eigenvalue weighted by molar-refractivity contribution is 6.00. The molecule has 1 saturated heterocycles. The molecule has 1 unspecified atom stereocenters. The quantitative estimate of drug-likeness (QED) is 0.501.